The third-order valence-corrected chi connectivity index (χ3v) is 3.41. The quantitative estimate of drug-likeness (QED) is 0.640. The Morgan fingerprint density at radius 3 is 3.05 bits per heavy atom. The SMILES string of the molecule is O=C(NCc1cccc([N+](=O)[O-])c1)N1CCCC1CO. The molecule has 1 saturated heterocycles. The van der Waals surface area contributed by atoms with Gasteiger partial charge in [-0.3, -0.25) is 10.1 Å². The Hall–Kier alpha value is -2.15. The highest BCUT2D eigenvalue weighted by atomic mass is 16.6. The molecule has 7 heteroatoms. The number of hydrogen-bond donors (Lipinski definition) is 2. The highest BCUT2D eigenvalue weighted by molar-refractivity contribution is 5.74. The number of amides is 2. The Labute approximate surface area is 116 Å². The van der Waals surface area contributed by atoms with Crippen molar-refractivity contribution < 1.29 is 14.8 Å². The second-order valence-electron chi connectivity index (χ2n) is 4.76. The molecule has 108 valence electrons. The fraction of sp³-hybridized carbons (Fsp3) is 0.462. The summed E-state index contributed by atoms with van der Waals surface area (Å²) >= 11 is 0. The van der Waals surface area contributed by atoms with E-state index in [4.69, 9.17) is 0 Å². The molecule has 1 aromatic rings. The molecule has 20 heavy (non-hydrogen) atoms. The van der Waals surface area contributed by atoms with E-state index in [-0.39, 0.29) is 30.9 Å². The monoisotopic (exact) mass is 279 g/mol. The zero-order chi connectivity index (χ0) is 14.5. The third-order valence-electron chi connectivity index (χ3n) is 3.41. The lowest BCUT2D eigenvalue weighted by Gasteiger charge is -2.23. The minimum absolute atomic E-state index is 0.00570. The standard InChI is InChI=1S/C13H17N3O4/c17-9-12-5-2-6-15(12)13(18)14-8-10-3-1-4-11(7-10)16(19)20/h1,3-4,7,12,17H,2,5-6,8-9H2,(H,14,18). The fourth-order valence-corrected chi connectivity index (χ4v) is 2.35. The van der Waals surface area contributed by atoms with Gasteiger partial charge in [0.15, 0.2) is 0 Å². The molecule has 1 fully saturated rings. The molecule has 1 aromatic carbocycles. The molecule has 0 aliphatic carbocycles. The van der Waals surface area contributed by atoms with Crippen molar-refractivity contribution in [2.24, 2.45) is 0 Å². The van der Waals surface area contributed by atoms with Crippen molar-refractivity contribution >= 4 is 11.7 Å². The van der Waals surface area contributed by atoms with E-state index in [1.807, 2.05) is 0 Å². The first-order valence-corrected chi connectivity index (χ1v) is 6.50. The van der Waals surface area contributed by atoms with Gasteiger partial charge in [-0.15, -0.1) is 0 Å². The fourth-order valence-electron chi connectivity index (χ4n) is 2.35. The number of carbonyl (C=O) groups excluding carboxylic acids is 1. The second-order valence-corrected chi connectivity index (χ2v) is 4.76. The Bertz CT molecular complexity index is 506. The molecule has 2 rings (SSSR count). The Morgan fingerprint density at radius 1 is 1.55 bits per heavy atom. The van der Waals surface area contributed by atoms with Gasteiger partial charge in [-0.05, 0) is 18.4 Å². The lowest BCUT2D eigenvalue weighted by molar-refractivity contribution is -0.384. The number of carbonyl (C=O) groups is 1. The summed E-state index contributed by atoms with van der Waals surface area (Å²) in [6.45, 7) is 0.825. The largest absolute Gasteiger partial charge is 0.394 e. The minimum atomic E-state index is -0.465. The molecule has 7 nitrogen and oxygen atoms in total. The zero-order valence-electron chi connectivity index (χ0n) is 11.0. The number of nitrogens with one attached hydrogen (secondary N) is 1. The van der Waals surface area contributed by atoms with E-state index < -0.39 is 4.92 Å². The number of hydrogen-bond acceptors (Lipinski definition) is 4. The number of aliphatic hydroxyl groups excluding tert-OH is 1. The number of benzene rings is 1. The molecule has 2 N–H and O–H groups in total. The molecular formula is C13H17N3O4. The van der Waals surface area contributed by atoms with Gasteiger partial charge in [-0.2, -0.15) is 0 Å². The molecule has 1 heterocycles. The summed E-state index contributed by atoms with van der Waals surface area (Å²) in [5.41, 5.74) is 0.679. The minimum Gasteiger partial charge on any atom is -0.394 e. The smallest absolute Gasteiger partial charge is 0.317 e. The molecule has 0 bridgehead atoms. The summed E-state index contributed by atoms with van der Waals surface area (Å²) in [6.07, 6.45) is 1.69. The molecule has 0 saturated carbocycles. The number of aliphatic hydroxyl groups is 1. The Balaban J connectivity index is 1.93. The van der Waals surface area contributed by atoms with Gasteiger partial charge in [0.2, 0.25) is 0 Å². The molecule has 0 spiro atoms. The van der Waals surface area contributed by atoms with E-state index in [0.717, 1.165) is 12.8 Å². The third kappa shape index (κ3) is 3.24. The maximum Gasteiger partial charge on any atom is 0.317 e. The highest BCUT2D eigenvalue weighted by Gasteiger charge is 2.27. The number of likely N-dealkylation sites (tertiary alicyclic amines) is 1. The first-order chi connectivity index (χ1) is 9.61. The van der Waals surface area contributed by atoms with Crippen LogP contribution in [0.4, 0.5) is 10.5 Å². The first-order valence-electron chi connectivity index (χ1n) is 6.50. The maximum atomic E-state index is 12.0. The summed E-state index contributed by atoms with van der Waals surface area (Å²) in [7, 11) is 0. The zero-order valence-corrected chi connectivity index (χ0v) is 11.0. The van der Waals surface area contributed by atoms with Crippen molar-refractivity contribution in [3.05, 3.63) is 39.9 Å². The van der Waals surface area contributed by atoms with Crippen LogP contribution in [0.25, 0.3) is 0 Å². The predicted octanol–water partition coefficient (Wildman–Crippen LogP) is 1.26. The van der Waals surface area contributed by atoms with Crippen LogP contribution in [0.5, 0.6) is 0 Å². The van der Waals surface area contributed by atoms with E-state index in [2.05, 4.69) is 5.32 Å². The first kappa shape index (κ1) is 14.3. The number of non-ortho nitro benzene ring substituents is 1. The Morgan fingerprint density at radius 2 is 2.35 bits per heavy atom. The van der Waals surface area contributed by atoms with E-state index in [9.17, 15) is 20.0 Å². The van der Waals surface area contributed by atoms with Gasteiger partial charge in [-0.1, -0.05) is 12.1 Å². The molecule has 1 atom stereocenters. The topological polar surface area (TPSA) is 95.7 Å². The lowest BCUT2D eigenvalue weighted by atomic mass is 10.2. The van der Waals surface area contributed by atoms with Gasteiger partial charge in [0, 0.05) is 25.2 Å². The van der Waals surface area contributed by atoms with E-state index in [1.165, 1.54) is 12.1 Å². The van der Waals surface area contributed by atoms with Crippen molar-refractivity contribution in [2.75, 3.05) is 13.2 Å². The van der Waals surface area contributed by atoms with Crippen molar-refractivity contribution in [1.82, 2.24) is 10.2 Å². The summed E-state index contributed by atoms with van der Waals surface area (Å²) in [5, 5.41) is 22.6. The van der Waals surface area contributed by atoms with E-state index >= 15 is 0 Å². The van der Waals surface area contributed by atoms with Crippen molar-refractivity contribution in [2.45, 2.75) is 25.4 Å². The van der Waals surface area contributed by atoms with Crippen molar-refractivity contribution in [3.63, 3.8) is 0 Å². The van der Waals surface area contributed by atoms with Gasteiger partial charge in [0.1, 0.15) is 0 Å². The van der Waals surface area contributed by atoms with Crippen LogP contribution in [0.15, 0.2) is 24.3 Å². The number of urea groups is 1. The number of nitrogens with zero attached hydrogens (tertiary/aromatic N) is 2. The van der Waals surface area contributed by atoms with E-state index in [1.54, 1.807) is 17.0 Å². The van der Waals surface area contributed by atoms with Gasteiger partial charge < -0.3 is 15.3 Å². The molecule has 0 aromatic heterocycles. The van der Waals surface area contributed by atoms with Crippen LogP contribution in [0.2, 0.25) is 0 Å². The normalized spacial score (nSPS) is 18.1. The average Bonchev–Trinajstić information content (AvgIpc) is 2.93. The molecule has 1 unspecified atom stereocenters. The Kier molecular flexibility index (Phi) is 4.52. The molecule has 0 radical (unpaired) electrons. The van der Waals surface area contributed by atoms with Crippen LogP contribution in [-0.4, -0.2) is 40.2 Å². The maximum absolute atomic E-state index is 12.0. The molecular weight excluding hydrogens is 262 g/mol. The van der Waals surface area contributed by atoms with Gasteiger partial charge >= 0.3 is 6.03 Å². The number of rotatable bonds is 4. The summed E-state index contributed by atoms with van der Waals surface area (Å²) in [4.78, 5) is 23.8. The van der Waals surface area contributed by atoms with Gasteiger partial charge in [-0.25, -0.2) is 4.79 Å². The van der Waals surface area contributed by atoms with Crippen molar-refractivity contribution in [1.29, 1.82) is 0 Å². The van der Waals surface area contributed by atoms with E-state index in [0.29, 0.717) is 12.1 Å². The second kappa shape index (κ2) is 6.33. The van der Waals surface area contributed by atoms with Gasteiger partial charge in [0.25, 0.3) is 5.69 Å². The van der Waals surface area contributed by atoms with Crippen LogP contribution in [-0.2, 0) is 6.54 Å². The summed E-state index contributed by atoms with van der Waals surface area (Å²) < 4.78 is 0. The number of nitro benzene ring substituents is 1. The number of nitro groups is 1. The molecule has 1 aliphatic heterocycles. The lowest BCUT2D eigenvalue weighted by Crippen LogP contribution is -2.43. The van der Waals surface area contributed by atoms with Crippen LogP contribution in [0, 0.1) is 10.1 Å². The van der Waals surface area contributed by atoms with Crippen LogP contribution >= 0.6 is 0 Å². The molecule has 2 amide bonds. The van der Waals surface area contributed by atoms with Crippen molar-refractivity contribution in [3.8, 4) is 0 Å². The van der Waals surface area contributed by atoms with Crippen LogP contribution in [0.1, 0.15) is 18.4 Å². The highest BCUT2D eigenvalue weighted by Crippen LogP contribution is 2.17. The summed E-state index contributed by atoms with van der Waals surface area (Å²) in [6, 6.07) is 5.79. The molecule has 1 aliphatic rings. The van der Waals surface area contributed by atoms with Gasteiger partial charge in [0.05, 0.1) is 17.6 Å². The predicted molar refractivity (Wildman–Crippen MR) is 72.1 cm³/mol. The van der Waals surface area contributed by atoms with Crippen LogP contribution < -0.4 is 5.32 Å². The summed E-state index contributed by atoms with van der Waals surface area (Å²) in [5.74, 6) is 0. The average molecular weight is 279 g/mol. The van der Waals surface area contributed by atoms with Crippen LogP contribution in [0.3, 0.4) is 0 Å².